The van der Waals surface area contributed by atoms with E-state index in [1.165, 1.54) is 55.3 Å². The van der Waals surface area contributed by atoms with Gasteiger partial charge in [-0.2, -0.15) is 0 Å². The maximum Gasteiger partial charge on any atom is 0.0659 e. The molecule has 144 valence electrons. The summed E-state index contributed by atoms with van der Waals surface area (Å²) in [4.78, 5) is 0. The quantitative estimate of drug-likeness (QED) is 0.252. The largest absolute Gasteiger partial charge is 0.0659 e. The van der Waals surface area contributed by atoms with Gasteiger partial charge in [0.25, 0.3) is 0 Å². The standard InChI is InChI=1S/C31H20/c1-2-10-23-21(9-1)17-18-22-19-20-31(30(22)23)28-15-7-5-13-26(28)24-11-3-4-12-25(24)27-14-6-8-16-29(27)31/h1-20H. The fraction of sp³-hybridized carbons (Fsp3) is 0.0323. The normalized spacial score (nSPS) is 14.6. The molecule has 0 heterocycles. The van der Waals surface area contributed by atoms with E-state index in [4.69, 9.17) is 0 Å². The van der Waals surface area contributed by atoms with Crippen molar-refractivity contribution < 1.29 is 0 Å². The number of allylic oxidation sites excluding steroid dienone is 1. The first-order valence-electron chi connectivity index (χ1n) is 10.9. The molecule has 5 aromatic carbocycles. The molecule has 0 heteroatoms. The van der Waals surface area contributed by atoms with E-state index >= 15 is 0 Å². The molecule has 1 spiro atoms. The van der Waals surface area contributed by atoms with Gasteiger partial charge < -0.3 is 0 Å². The molecule has 2 aliphatic rings. The summed E-state index contributed by atoms with van der Waals surface area (Å²) >= 11 is 0. The minimum Gasteiger partial charge on any atom is -0.0645 e. The Morgan fingerprint density at radius 2 is 1.00 bits per heavy atom. The fourth-order valence-corrected chi connectivity index (χ4v) is 5.84. The first kappa shape index (κ1) is 16.8. The second-order valence-corrected chi connectivity index (χ2v) is 8.53. The highest BCUT2D eigenvalue weighted by molar-refractivity contribution is 5.99. The highest BCUT2D eigenvalue weighted by atomic mass is 14.5. The Kier molecular flexibility index (Phi) is 3.29. The number of hydrogen-bond donors (Lipinski definition) is 0. The molecule has 0 unspecified atom stereocenters. The third-order valence-corrected chi connectivity index (χ3v) is 7.08. The molecule has 5 aromatic rings. The molecule has 0 aliphatic heterocycles. The third kappa shape index (κ3) is 2.09. The maximum absolute atomic E-state index is 2.44. The smallest absolute Gasteiger partial charge is 0.0645 e. The van der Waals surface area contributed by atoms with Crippen LogP contribution in [0.2, 0.25) is 0 Å². The van der Waals surface area contributed by atoms with Crippen LogP contribution in [0.3, 0.4) is 0 Å². The van der Waals surface area contributed by atoms with Gasteiger partial charge in [-0.1, -0.05) is 121 Å². The molecule has 0 bridgehead atoms. The highest BCUT2D eigenvalue weighted by Gasteiger charge is 2.44. The van der Waals surface area contributed by atoms with Gasteiger partial charge in [0.2, 0.25) is 0 Å². The SMILES string of the molecule is C1=CC2(c3ccccc3-c3ccccc3-c3ccccc32)c2c1ccc1ccccc21. The molecule has 0 saturated heterocycles. The van der Waals surface area contributed by atoms with Gasteiger partial charge in [-0.05, 0) is 55.3 Å². The van der Waals surface area contributed by atoms with Crippen molar-refractivity contribution in [3.63, 3.8) is 0 Å². The summed E-state index contributed by atoms with van der Waals surface area (Å²) in [7, 11) is 0. The molecule has 0 nitrogen and oxygen atoms in total. The number of rotatable bonds is 0. The third-order valence-electron chi connectivity index (χ3n) is 7.08. The van der Waals surface area contributed by atoms with Crippen molar-refractivity contribution in [1.82, 2.24) is 0 Å². The first-order chi connectivity index (χ1) is 15.4. The summed E-state index contributed by atoms with van der Waals surface area (Å²) in [5.74, 6) is 0. The van der Waals surface area contributed by atoms with Crippen LogP contribution in [-0.2, 0) is 5.41 Å². The van der Waals surface area contributed by atoms with Crippen LogP contribution in [0, 0.1) is 0 Å². The van der Waals surface area contributed by atoms with E-state index in [-0.39, 0.29) is 5.41 Å². The Morgan fingerprint density at radius 3 is 1.68 bits per heavy atom. The Bertz CT molecular complexity index is 1470. The van der Waals surface area contributed by atoms with E-state index in [1.807, 2.05) is 0 Å². The summed E-state index contributed by atoms with van der Waals surface area (Å²) in [5, 5.41) is 2.63. The van der Waals surface area contributed by atoms with Gasteiger partial charge in [0.1, 0.15) is 0 Å². The molecule has 0 aromatic heterocycles. The second-order valence-electron chi connectivity index (χ2n) is 8.53. The van der Waals surface area contributed by atoms with Crippen LogP contribution < -0.4 is 0 Å². The minimum absolute atomic E-state index is 0.317. The Hall–Kier alpha value is -3.90. The number of fused-ring (bicyclic) bond motifs is 11. The van der Waals surface area contributed by atoms with E-state index in [2.05, 4.69) is 121 Å². The second kappa shape index (κ2) is 6.06. The molecule has 0 saturated carbocycles. The van der Waals surface area contributed by atoms with Crippen LogP contribution in [0.15, 0.2) is 115 Å². The summed E-state index contributed by atoms with van der Waals surface area (Å²) in [6, 6.07) is 40.2. The lowest BCUT2D eigenvalue weighted by molar-refractivity contribution is 0.810. The van der Waals surface area contributed by atoms with Crippen molar-refractivity contribution in [3.05, 3.63) is 138 Å². The Morgan fingerprint density at radius 1 is 0.452 bits per heavy atom. The number of benzene rings is 5. The van der Waals surface area contributed by atoms with E-state index in [9.17, 15) is 0 Å². The van der Waals surface area contributed by atoms with Crippen molar-refractivity contribution in [1.29, 1.82) is 0 Å². The maximum atomic E-state index is 2.44. The van der Waals surface area contributed by atoms with E-state index < -0.39 is 0 Å². The molecule has 31 heavy (non-hydrogen) atoms. The van der Waals surface area contributed by atoms with Crippen LogP contribution >= 0.6 is 0 Å². The molecule has 0 radical (unpaired) electrons. The summed E-state index contributed by atoms with van der Waals surface area (Å²) in [6.45, 7) is 0. The first-order valence-corrected chi connectivity index (χ1v) is 10.9. The zero-order chi connectivity index (χ0) is 20.4. The topological polar surface area (TPSA) is 0 Å². The molecule has 2 aliphatic carbocycles. The van der Waals surface area contributed by atoms with E-state index in [0.717, 1.165) is 0 Å². The Labute approximate surface area is 182 Å². The van der Waals surface area contributed by atoms with Crippen molar-refractivity contribution in [2.75, 3.05) is 0 Å². The van der Waals surface area contributed by atoms with Crippen LogP contribution in [-0.4, -0.2) is 0 Å². The van der Waals surface area contributed by atoms with Gasteiger partial charge >= 0.3 is 0 Å². The van der Waals surface area contributed by atoms with Gasteiger partial charge in [0.15, 0.2) is 0 Å². The lowest BCUT2D eigenvalue weighted by atomic mass is 9.68. The highest BCUT2D eigenvalue weighted by Crippen LogP contribution is 2.56. The van der Waals surface area contributed by atoms with Crippen molar-refractivity contribution >= 4 is 16.8 Å². The lowest BCUT2D eigenvalue weighted by Gasteiger charge is -2.33. The summed E-state index contributed by atoms with van der Waals surface area (Å²) in [5.41, 5.74) is 10.4. The van der Waals surface area contributed by atoms with Gasteiger partial charge in [0.05, 0.1) is 5.41 Å². The van der Waals surface area contributed by atoms with Crippen molar-refractivity contribution in [2.24, 2.45) is 0 Å². The Balaban J connectivity index is 1.74. The molecule has 7 rings (SSSR count). The monoisotopic (exact) mass is 392 g/mol. The average molecular weight is 393 g/mol. The minimum atomic E-state index is -0.317. The molecule has 0 amide bonds. The van der Waals surface area contributed by atoms with Crippen molar-refractivity contribution in [3.8, 4) is 22.3 Å². The van der Waals surface area contributed by atoms with Gasteiger partial charge in [-0.3, -0.25) is 0 Å². The predicted molar refractivity (Wildman–Crippen MR) is 130 cm³/mol. The van der Waals surface area contributed by atoms with Crippen LogP contribution in [0.5, 0.6) is 0 Å². The van der Waals surface area contributed by atoms with Crippen LogP contribution in [0.4, 0.5) is 0 Å². The van der Waals surface area contributed by atoms with Crippen molar-refractivity contribution in [2.45, 2.75) is 5.41 Å². The molecule has 0 atom stereocenters. The van der Waals surface area contributed by atoms with Gasteiger partial charge in [-0.25, -0.2) is 0 Å². The lowest BCUT2D eigenvalue weighted by Crippen LogP contribution is -2.26. The number of hydrogen-bond acceptors (Lipinski definition) is 0. The van der Waals surface area contributed by atoms with Crippen LogP contribution in [0.1, 0.15) is 22.3 Å². The van der Waals surface area contributed by atoms with E-state index in [1.54, 1.807) is 0 Å². The zero-order valence-electron chi connectivity index (χ0n) is 17.0. The van der Waals surface area contributed by atoms with Gasteiger partial charge in [-0.15, -0.1) is 0 Å². The summed E-state index contributed by atoms with van der Waals surface area (Å²) in [6.07, 6.45) is 4.76. The van der Waals surface area contributed by atoms with E-state index in [0.29, 0.717) is 0 Å². The molecule has 0 fully saturated rings. The molecular weight excluding hydrogens is 372 g/mol. The van der Waals surface area contributed by atoms with Crippen LogP contribution in [0.25, 0.3) is 39.1 Å². The summed E-state index contributed by atoms with van der Waals surface area (Å²) < 4.78 is 0. The predicted octanol–water partition coefficient (Wildman–Crippen LogP) is 7.85. The zero-order valence-corrected chi connectivity index (χ0v) is 17.0. The molecular formula is C31H20. The van der Waals surface area contributed by atoms with Gasteiger partial charge in [0, 0.05) is 0 Å². The fourth-order valence-electron chi connectivity index (χ4n) is 5.84. The average Bonchev–Trinajstić information content (AvgIpc) is 3.20. The molecule has 0 N–H and O–H groups in total.